The Morgan fingerprint density at radius 2 is 1.72 bits per heavy atom. The van der Waals surface area contributed by atoms with Crippen molar-refractivity contribution in [3.63, 3.8) is 0 Å². The molecule has 0 saturated carbocycles. The molecule has 0 aliphatic carbocycles. The molecule has 0 spiro atoms. The summed E-state index contributed by atoms with van der Waals surface area (Å²) in [6.07, 6.45) is 0. The number of carbonyl (C=O) groups excluding carboxylic acids is 1. The van der Waals surface area contributed by atoms with E-state index >= 15 is 0 Å². The minimum Gasteiger partial charge on any atom is -0.349 e. The van der Waals surface area contributed by atoms with Crippen LogP contribution in [0.5, 0.6) is 0 Å². The number of aryl methyl sites for hydroxylation is 2. The maximum absolute atomic E-state index is 12.2. The van der Waals surface area contributed by atoms with Gasteiger partial charge in [-0.1, -0.05) is 41.9 Å². The average molecular weight is 380 g/mol. The van der Waals surface area contributed by atoms with Gasteiger partial charge in [0.05, 0.1) is 11.8 Å². The molecule has 0 aliphatic rings. The van der Waals surface area contributed by atoms with Crippen LogP contribution >= 0.6 is 11.6 Å². The van der Waals surface area contributed by atoms with Crippen LogP contribution in [-0.2, 0) is 20.4 Å². The van der Waals surface area contributed by atoms with E-state index < -0.39 is 21.5 Å². The second-order valence-electron chi connectivity index (χ2n) is 6.29. The van der Waals surface area contributed by atoms with Crippen molar-refractivity contribution >= 4 is 27.3 Å². The number of sulfone groups is 1. The Morgan fingerprint density at radius 1 is 1.08 bits per heavy atom. The van der Waals surface area contributed by atoms with E-state index in [1.807, 2.05) is 39.0 Å². The number of halogens is 1. The Balaban J connectivity index is 1.98. The maximum Gasteiger partial charge on any atom is 0.235 e. The first kappa shape index (κ1) is 19.5. The molecule has 6 heteroatoms. The molecule has 2 aromatic rings. The van der Waals surface area contributed by atoms with E-state index in [9.17, 15) is 13.2 Å². The number of benzene rings is 2. The quantitative estimate of drug-likeness (QED) is 0.831. The predicted octanol–water partition coefficient (Wildman–Crippen LogP) is 3.75. The lowest BCUT2D eigenvalue weighted by Crippen LogP contribution is -2.32. The summed E-state index contributed by atoms with van der Waals surface area (Å²) < 4.78 is 24.4. The first-order chi connectivity index (χ1) is 11.7. The zero-order valence-corrected chi connectivity index (χ0v) is 16.1. The van der Waals surface area contributed by atoms with Crippen molar-refractivity contribution in [2.75, 3.05) is 5.75 Å². The summed E-state index contributed by atoms with van der Waals surface area (Å²) in [6, 6.07) is 12.2. The van der Waals surface area contributed by atoms with Gasteiger partial charge in [-0.2, -0.15) is 0 Å². The summed E-state index contributed by atoms with van der Waals surface area (Å²) in [5.41, 5.74) is 3.87. The molecule has 0 radical (unpaired) electrons. The fourth-order valence-corrected chi connectivity index (χ4v) is 3.90. The predicted molar refractivity (Wildman–Crippen MR) is 101 cm³/mol. The third kappa shape index (κ3) is 5.87. The lowest BCUT2D eigenvalue weighted by molar-refractivity contribution is -0.119. The van der Waals surface area contributed by atoms with Crippen LogP contribution in [0.1, 0.15) is 35.2 Å². The van der Waals surface area contributed by atoms with Gasteiger partial charge < -0.3 is 5.32 Å². The van der Waals surface area contributed by atoms with E-state index in [4.69, 9.17) is 11.6 Å². The molecule has 2 rings (SSSR count). The first-order valence-electron chi connectivity index (χ1n) is 7.97. The van der Waals surface area contributed by atoms with Gasteiger partial charge in [-0.3, -0.25) is 4.79 Å². The van der Waals surface area contributed by atoms with Gasteiger partial charge in [-0.15, -0.1) is 0 Å². The highest BCUT2D eigenvalue weighted by molar-refractivity contribution is 7.91. The van der Waals surface area contributed by atoms with Crippen LogP contribution in [0.2, 0.25) is 5.02 Å². The molecule has 2 aromatic carbocycles. The topological polar surface area (TPSA) is 63.2 Å². The zero-order chi connectivity index (χ0) is 18.6. The van der Waals surface area contributed by atoms with Crippen molar-refractivity contribution in [3.8, 4) is 0 Å². The van der Waals surface area contributed by atoms with Crippen molar-refractivity contribution in [2.45, 2.75) is 32.6 Å². The SMILES string of the molecule is Cc1ccc(C(C)NC(=O)CS(=O)(=O)Cc2ccc(Cl)cc2)cc1C. The molecule has 0 bridgehead atoms. The van der Waals surface area contributed by atoms with Gasteiger partial charge in [-0.25, -0.2) is 8.42 Å². The van der Waals surface area contributed by atoms with Crippen molar-refractivity contribution in [1.29, 1.82) is 0 Å². The molecule has 1 N–H and O–H groups in total. The zero-order valence-electron chi connectivity index (χ0n) is 14.5. The molecule has 0 saturated heterocycles. The molecule has 25 heavy (non-hydrogen) atoms. The van der Waals surface area contributed by atoms with E-state index in [0.29, 0.717) is 10.6 Å². The Kier molecular flexibility index (Phi) is 6.25. The van der Waals surface area contributed by atoms with Crippen LogP contribution in [0.25, 0.3) is 0 Å². The lowest BCUT2D eigenvalue weighted by atomic mass is 10.0. The first-order valence-corrected chi connectivity index (χ1v) is 10.2. The number of hydrogen-bond acceptors (Lipinski definition) is 3. The van der Waals surface area contributed by atoms with Crippen LogP contribution in [0.3, 0.4) is 0 Å². The summed E-state index contributed by atoms with van der Waals surface area (Å²) in [7, 11) is -3.54. The molecule has 0 aromatic heterocycles. The molecule has 0 aliphatic heterocycles. The van der Waals surface area contributed by atoms with E-state index in [0.717, 1.165) is 11.1 Å². The summed E-state index contributed by atoms with van der Waals surface area (Å²) in [5, 5.41) is 3.30. The van der Waals surface area contributed by atoms with Gasteiger partial charge in [0, 0.05) is 5.02 Å². The standard InChI is InChI=1S/C19H22ClNO3S/c1-13-4-7-17(10-14(13)2)15(3)21-19(22)12-25(23,24)11-16-5-8-18(20)9-6-16/h4-10,15H,11-12H2,1-3H3,(H,21,22). The van der Waals surface area contributed by atoms with Crippen LogP contribution < -0.4 is 5.32 Å². The molecular weight excluding hydrogens is 358 g/mol. The van der Waals surface area contributed by atoms with Gasteiger partial charge in [0.25, 0.3) is 0 Å². The lowest BCUT2D eigenvalue weighted by Gasteiger charge is -2.16. The highest BCUT2D eigenvalue weighted by Crippen LogP contribution is 2.17. The van der Waals surface area contributed by atoms with E-state index in [1.165, 1.54) is 5.56 Å². The van der Waals surface area contributed by atoms with Gasteiger partial charge in [0.15, 0.2) is 9.84 Å². The Hall–Kier alpha value is -1.85. The summed E-state index contributed by atoms with van der Waals surface area (Å²) in [5.74, 6) is -1.22. The molecule has 0 heterocycles. The summed E-state index contributed by atoms with van der Waals surface area (Å²) >= 11 is 5.79. The largest absolute Gasteiger partial charge is 0.349 e. The van der Waals surface area contributed by atoms with E-state index in [2.05, 4.69) is 5.32 Å². The fraction of sp³-hybridized carbons (Fsp3) is 0.316. The number of amides is 1. The third-order valence-electron chi connectivity index (χ3n) is 4.06. The molecule has 1 amide bonds. The van der Waals surface area contributed by atoms with E-state index in [1.54, 1.807) is 24.3 Å². The molecular formula is C19H22ClNO3S. The molecule has 1 unspecified atom stereocenters. The van der Waals surface area contributed by atoms with E-state index in [-0.39, 0.29) is 11.8 Å². The maximum atomic E-state index is 12.2. The molecule has 0 fully saturated rings. The normalized spacial score (nSPS) is 12.6. The minimum atomic E-state index is -3.54. The second kappa shape index (κ2) is 8.02. The van der Waals surface area contributed by atoms with Crippen LogP contribution in [0, 0.1) is 13.8 Å². The monoisotopic (exact) mass is 379 g/mol. The summed E-state index contributed by atoms with van der Waals surface area (Å²) in [4.78, 5) is 12.1. The van der Waals surface area contributed by atoms with Gasteiger partial charge in [0.2, 0.25) is 5.91 Å². The fourth-order valence-electron chi connectivity index (χ4n) is 2.49. The van der Waals surface area contributed by atoms with Crippen molar-refractivity contribution in [2.24, 2.45) is 0 Å². The molecule has 1 atom stereocenters. The smallest absolute Gasteiger partial charge is 0.235 e. The van der Waals surface area contributed by atoms with Crippen molar-refractivity contribution in [3.05, 3.63) is 69.7 Å². The Labute approximate surface area is 154 Å². The van der Waals surface area contributed by atoms with Crippen LogP contribution in [0.4, 0.5) is 0 Å². The van der Waals surface area contributed by atoms with Crippen molar-refractivity contribution < 1.29 is 13.2 Å². The summed E-state index contributed by atoms with van der Waals surface area (Å²) in [6.45, 7) is 5.86. The van der Waals surface area contributed by atoms with Gasteiger partial charge in [-0.05, 0) is 55.2 Å². The number of nitrogens with one attached hydrogen (secondary N) is 1. The Bertz CT molecular complexity index is 861. The number of rotatable bonds is 6. The highest BCUT2D eigenvalue weighted by atomic mass is 35.5. The Morgan fingerprint density at radius 3 is 2.32 bits per heavy atom. The second-order valence-corrected chi connectivity index (χ2v) is 8.79. The molecule has 4 nitrogen and oxygen atoms in total. The van der Waals surface area contributed by atoms with Crippen LogP contribution in [-0.4, -0.2) is 20.1 Å². The molecule has 134 valence electrons. The number of hydrogen-bond donors (Lipinski definition) is 1. The van der Waals surface area contributed by atoms with Gasteiger partial charge >= 0.3 is 0 Å². The average Bonchev–Trinajstić information content (AvgIpc) is 2.51. The van der Waals surface area contributed by atoms with Crippen molar-refractivity contribution in [1.82, 2.24) is 5.32 Å². The van der Waals surface area contributed by atoms with Gasteiger partial charge in [0.1, 0.15) is 5.75 Å². The minimum absolute atomic E-state index is 0.185. The highest BCUT2D eigenvalue weighted by Gasteiger charge is 2.19. The number of carbonyl (C=O) groups is 1. The third-order valence-corrected chi connectivity index (χ3v) is 5.79. The van der Waals surface area contributed by atoms with Crippen LogP contribution in [0.15, 0.2) is 42.5 Å².